The van der Waals surface area contributed by atoms with Crippen LogP contribution < -0.4 is 0 Å². The Labute approximate surface area is 83.8 Å². The van der Waals surface area contributed by atoms with E-state index in [0.29, 0.717) is 5.71 Å². The first-order valence-electron chi connectivity index (χ1n) is 4.78. The van der Waals surface area contributed by atoms with E-state index >= 15 is 0 Å². The summed E-state index contributed by atoms with van der Waals surface area (Å²) in [6.45, 7) is 1.92. The molecule has 2 heteroatoms. The van der Waals surface area contributed by atoms with E-state index in [1.807, 2.05) is 31.2 Å². The summed E-state index contributed by atoms with van der Waals surface area (Å²) in [5.41, 5.74) is 2.20. The predicted octanol–water partition coefficient (Wildman–Crippen LogP) is 2.75. The lowest BCUT2D eigenvalue weighted by Crippen LogP contribution is -2.07. The number of nitrogens with one attached hydrogen (secondary N) is 1. The molecule has 1 fully saturated rings. The molecule has 2 nitrogen and oxygen atoms in total. The van der Waals surface area contributed by atoms with Gasteiger partial charge in [0.15, 0.2) is 0 Å². The minimum Gasteiger partial charge on any atom is -0.300 e. The molecule has 0 aliphatic heterocycles. The SMILES string of the molecule is C/C=C1\C=CC(C2(C#N)CC2)=CC1=N. The highest BCUT2D eigenvalue weighted by molar-refractivity contribution is 6.10. The molecule has 2 aliphatic carbocycles. The number of hydrogen-bond acceptors (Lipinski definition) is 2. The van der Waals surface area contributed by atoms with Crippen molar-refractivity contribution in [2.75, 3.05) is 0 Å². The maximum atomic E-state index is 9.01. The summed E-state index contributed by atoms with van der Waals surface area (Å²) in [6, 6.07) is 2.34. The highest BCUT2D eigenvalue weighted by Crippen LogP contribution is 2.52. The molecule has 14 heavy (non-hydrogen) atoms. The van der Waals surface area contributed by atoms with Crippen molar-refractivity contribution in [3.8, 4) is 6.07 Å². The molecule has 70 valence electrons. The zero-order valence-corrected chi connectivity index (χ0v) is 8.17. The first kappa shape index (κ1) is 8.96. The van der Waals surface area contributed by atoms with Gasteiger partial charge >= 0.3 is 0 Å². The molecule has 0 heterocycles. The molecule has 1 N–H and O–H groups in total. The van der Waals surface area contributed by atoms with Crippen LogP contribution in [0.1, 0.15) is 19.8 Å². The van der Waals surface area contributed by atoms with Gasteiger partial charge in [-0.25, -0.2) is 0 Å². The molecule has 0 aromatic heterocycles. The van der Waals surface area contributed by atoms with Gasteiger partial charge in [-0.05, 0) is 37.0 Å². The lowest BCUT2D eigenvalue weighted by molar-refractivity contribution is 0.829. The second-order valence-electron chi connectivity index (χ2n) is 3.78. The second-order valence-corrected chi connectivity index (χ2v) is 3.78. The molecule has 0 bridgehead atoms. The highest BCUT2D eigenvalue weighted by Gasteiger charge is 2.46. The fourth-order valence-electron chi connectivity index (χ4n) is 1.70. The summed E-state index contributed by atoms with van der Waals surface area (Å²) < 4.78 is 0. The van der Waals surface area contributed by atoms with Crippen LogP contribution in [0.15, 0.2) is 35.5 Å². The Hall–Kier alpha value is -1.62. The zero-order chi connectivity index (χ0) is 10.2. The third-order valence-corrected chi connectivity index (χ3v) is 2.88. The van der Waals surface area contributed by atoms with Crippen LogP contribution in [0.5, 0.6) is 0 Å². The molecule has 0 amide bonds. The lowest BCUT2D eigenvalue weighted by Gasteiger charge is -2.13. The number of nitrogens with zero attached hydrogens (tertiary/aromatic N) is 1. The second kappa shape index (κ2) is 2.95. The van der Waals surface area contributed by atoms with Gasteiger partial charge in [0, 0.05) is 0 Å². The molecule has 2 aliphatic rings. The van der Waals surface area contributed by atoms with Crippen molar-refractivity contribution in [3.63, 3.8) is 0 Å². The molecule has 0 unspecified atom stereocenters. The predicted molar refractivity (Wildman–Crippen MR) is 56.0 cm³/mol. The highest BCUT2D eigenvalue weighted by atomic mass is 14.5. The topological polar surface area (TPSA) is 47.6 Å². The van der Waals surface area contributed by atoms with Crippen molar-refractivity contribution in [3.05, 3.63) is 35.5 Å². The summed E-state index contributed by atoms with van der Waals surface area (Å²) in [6.07, 6.45) is 9.53. The van der Waals surface area contributed by atoms with Crippen LogP contribution in [-0.4, -0.2) is 5.71 Å². The zero-order valence-electron chi connectivity index (χ0n) is 8.17. The van der Waals surface area contributed by atoms with Gasteiger partial charge in [0.2, 0.25) is 0 Å². The summed E-state index contributed by atoms with van der Waals surface area (Å²) in [5.74, 6) is 0. The van der Waals surface area contributed by atoms with E-state index in [4.69, 9.17) is 10.7 Å². The van der Waals surface area contributed by atoms with Crippen molar-refractivity contribution in [2.24, 2.45) is 5.41 Å². The van der Waals surface area contributed by atoms with Gasteiger partial charge in [0.1, 0.15) is 0 Å². The molecule has 0 atom stereocenters. The Morgan fingerprint density at radius 3 is 2.64 bits per heavy atom. The van der Waals surface area contributed by atoms with E-state index in [-0.39, 0.29) is 5.41 Å². The van der Waals surface area contributed by atoms with Gasteiger partial charge in [0.25, 0.3) is 0 Å². The van der Waals surface area contributed by atoms with Gasteiger partial charge < -0.3 is 5.41 Å². The number of allylic oxidation sites excluding steroid dienone is 6. The van der Waals surface area contributed by atoms with E-state index < -0.39 is 0 Å². The standard InChI is InChI=1S/C12H12N2/c1-2-9-3-4-10(7-11(9)14)12(8-13)5-6-12/h2-4,7,14H,5-6H2,1H3/b9-2+,14-11?. The lowest BCUT2D eigenvalue weighted by atomic mass is 9.90. The fraction of sp³-hybridized carbons (Fsp3) is 0.333. The van der Waals surface area contributed by atoms with Crippen LogP contribution in [0.4, 0.5) is 0 Å². The minimum absolute atomic E-state index is 0.262. The summed E-state index contributed by atoms with van der Waals surface area (Å²) in [7, 11) is 0. The Morgan fingerprint density at radius 1 is 1.50 bits per heavy atom. The van der Waals surface area contributed by atoms with Gasteiger partial charge in [-0.15, -0.1) is 0 Å². The molecule has 0 spiro atoms. The third-order valence-electron chi connectivity index (χ3n) is 2.88. The smallest absolute Gasteiger partial charge is 0.0824 e. The van der Waals surface area contributed by atoms with E-state index in [9.17, 15) is 0 Å². The number of hydrogen-bond donors (Lipinski definition) is 1. The van der Waals surface area contributed by atoms with Gasteiger partial charge in [-0.1, -0.05) is 18.2 Å². The molecule has 0 aromatic rings. The van der Waals surface area contributed by atoms with Gasteiger partial charge in [-0.2, -0.15) is 5.26 Å². The summed E-state index contributed by atoms with van der Waals surface area (Å²) in [4.78, 5) is 0. The molecule has 1 saturated carbocycles. The van der Waals surface area contributed by atoms with E-state index in [1.165, 1.54) is 0 Å². The van der Waals surface area contributed by atoms with Crippen molar-refractivity contribution in [1.29, 1.82) is 10.7 Å². The molecule has 0 aromatic carbocycles. The van der Waals surface area contributed by atoms with Crippen LogP contribution in [0.2, 0.25) is 0 Å². The van der Waals surface area contributed by atoms with Gasteiger partial charge in [-0.3, -0.25) is 0 Å². The van der Waals surface area contributed by atoms with Gasteiger partial charge in [0.05, 0.1) is 17.2 Å². The van der Waals surface area contributed by atoms with E-state index in [1.54, 1.807) is 0 Å². The Morgan fingerprint density at radius 2 is 2.21 bits per heavy atom. The van der Waals surface area contributed by atoms with Crippen LogP contribution in [-0.2, 0) is 0 Å². The van der Waals surface area contributed by atoms with E-state index in [0.717, 1.165) is 24.0 Å². The monoisotopic (exact) mass is 184 g/mol. The van der Waals surface area contributed by atoms with Crippen LogP contribution in [0.25, 0.3) is 0 Å². The first-order chi connectivity index (χ1) is 6.72. The Bertz CT molecular complexity index is 412. The van der Waals surface area contributed by atoms with Crippen molar-refractivity contribution in [1.82, 2.24) is 0 Å². The number of rotatable bonds is 1. The normalized spacial score (nSPS) is 25.9. The summed E-state index contributed by atoms with van der Waals surface area (Å²) in [5, 5.41) is 16.8. The Balaban J connectivity index is 2.32. The fourth-order valence-corrected chi connectivity index (χ4v) is 1.70. The third kappa shape index (κ3) is 1.22. The van der Waals surface area contributed by atoms with Crippen LogP contribution >= 0.6 is 0 Å². The van der Waals surface area contributed by atoms with Crippen molar-refractivity contribution >= 4 is 5.71 Å². The molecule has 2 rings (SSSR count). The maximum absolute atomic E-state index is 9.01. The molecular weight excluding hydrogens is 172 g/mol. The number of nitriles is 1. The van der Waals surface area contributed by atoms with Crippen molar-refractivity contribution in [2.45, 2.75) is 19.8 Å². The summed E-state index contributed by atoms with van der Waals surface area (Å²) >= 11 is 0. The minimum atomic E-state index is -0.262. The average Bonchev–Trinajstić information content (AvgIpc) is 2.98. The molecule has 0 saturated heterocycles. The maximum Gasteiger partial charge on any atom is 0.0824 e. The molecule has 0 radical (unpaired) electrons. The first-order valence-corrected chi connectivity index (χ1v) is 4.78. The van der Waals surface area contributed by atoms with Crippen molar-refractivity contribution < 1.29 is 0 Å². The largest absolute Gasteiger partial charge is 0.300 e. The molecular formula is C12H12N2. The van der Waals surface area contributed by atoms with E-state index in [2.05, 4.69) is 6.07 Å². The quantitative estimate of drug-likeness (QED) is 0.669. The van der Waals surface area contributed by atoms with Crippen LogP contribution in [0, 0.1) is 22.2 Å². The Kier molecular flexibility index (Phi) is 1.89. The average molecular weight is 184 g/mol. The van der Waals surface area contributed by atoms with Crippen LogP contribution in [0.3, 0.4) is 0 Å².